The first-order chi connectivity index (χ1) is 42.1. The molecule has 0 heterocycles. The molecule has 0 aliphatic carbocycles. The van der Waals surface area contributed by atoms with E-state index >= 15 is 14.4 Å². The molecule has 0 saturated carbocycles. The Hall–Kier alpha value is 0.259. The van der Waals surface area contributed by atoms with E-state index in [0.29, 0.717) is 53.3 Å². The van der Waals surface area contributed by atoms with Gasteiger partial charge in [0.15, 0.2) is 0 Å². The Kier molecular flexibility index (Phi) is 54.4. The van der Waals surface area contributed by atoms with Crippen LogP contribution < -0.4 is 0 Å². The number of hydrogen-bond acceptors (Lipinski definition) is 9. The van der Waals surface area contributed by atoms with Gasteiger partial charge in [-0.2, -0.15) is 0 Å². The quantitative estimate of drug-likeness (QED) is 0.0437. The van der Waals surface area contributed by atoms with Crippen molar-refractivity contribution in [3.05, 3.63) is 0 Å². The topological polar surface area (TPSA) is 78.9 Å². The van der Waals surface area contributed by atoms with Crippen LogP contribution in [0.1, 0.15) is 394 Å². The first-order valence-electron chi connectivity index (χ1n) is 38.8. The summed E-state index contributed by atoms with van der Waals surface area (Å²) in [5.41, 5.74) is 0. The minimum atomic E-state index is -5.63. The van der Waals surface area contributed by atoms with E-state index in [1.807, 2.05) is 40.2 Å². The Balaban J connectivity index is 8.55. The van der Waals surface area contributed by atoms with Crippen molar-refractivity contribution in [2.24, 2.45) is 53.3 Å². The van der Waals surface area contributed by atoms with Gasteiger partial charge in [-0.25, -0.2) is 0 Å². The molecule has 89 heavy (non-hydrogen) atoms. The van der Waals surface area contributed by atoms with Gasteiger partial charge in [0.1, 0.15) is 0 Å². The summed E-state index contributed by atoms with van der Waals surface area (Å²) >= 11 is -0.133. The molecule has 0 atom stereocenters. The average molecular weight is 1420 g/mol. The SMILES string of the molecule is CC(C)CCCCCSC(CCCCCC(C)C)(CCCCCC(C)C)C(=O)[O][Sn]([CH3])([O]C(=O)C(CCCCCC(C)C)(CCCCCC(C)C)SCCCCCC(C)C)[O]C(=O)C(CCCCCC(C)C)(CCCCCC(C)C)SCCCCCC(C)C. The molecule has 0 aromatic carbocycles. The fourth-order valence-corrected chi connectivity index (χ4v) is 22.6. The predicted octanol–water partition coefficient (Wildman–Crippen LogP) is 26.9. The van der Waals surface area contributed by atoms with Gasteiger partial charge < -0.3 is 0 Å². The zero-order valence-electron chi connectivity index (χ0n) is 63.2. The monoisotopic (exact) mass is 1420 g/mol. The van der Waals surface area contributed by atoms with Gasteiger partial charge >= 0.3 is 580 Å². The molecule has 530 valence electrons. The zero-order valence-corrected chi connectivity index (χ0v) is 68.5. The van der Waals surface area contributed by atoms with Gasteiger partial charge in [-0.15, -0.1) is 0 Å². The van der Waals surface area contributed by atoms with Crippen LogP contribution in [0.25, 0.3) is 0 Å². The normalized spacial score (nSPS) is 12.9. The van der Waals surface area contributed by atoms with Crippen molar-refractivity contribution in [3.63, 3.8) is 0 Å². The molecule has 6 nitrogen and oxygen atoms in total. The second-order valence-electron chi connectivity index (χ2n) is 32.2. The molecule has 0 bridgehead atoms. The number of thioether (sulfide) groups is 3. The van der Waals surface area contributed by atoms with Crippen LogP contribution >= 0.6 is 35.3 Å². The fourth-order valence-electron chi connectivity index (χ4n) is 12.6. The molecule has 0 saturated heterocycles. The molecule has 0 spiro atoms. The maximum absolute atomic E-state index is 16.3. The second-order valence-corrected chi connectivity index (χ2v) is 43.4. The number of carbonyl (C=O) groups excluding carboxylic acids is 3. The summed E-state index contributed by atoms with van der Waals surface area (Å²) < 4.78 is 19.5. The molecular formula is C79H156O6S3Sn. The van der Waals surface area contributed by atoms with Gasteiger partial charge in [-0.1, -0.05) is 0 Å². The molecule has 0 aromatic heterocycles. The number of rotatable bonds is 63. The van der Waals surface area contributed by atoms with Crippen LogP contribution in [0.5, 0.6) is 0 Å². The van der Waals surface area contributed by atoms with E-state index in [-0.39, 0.29) is 17.9 Å². The molecule has 0 amide bonds. The summed E-state index contributed by atoms with van der Waals surface area (Å²) in [4.78, 5) is 50.9. The molecule has 0 unspecified atom stereocenters. The van der Waals surface area contributed by atoms with E-state index in [0.717, 1.165) is 210 Å². The number of carbonyl (C=O) groups is 3. The average Bonchev–Trinajstić information content (AvgIpc) is 1.14. The number of unbranched alkanes of at least 4 members (excludes halogenated alkanes) is 18. The zero-order chi connectivity index (χ0) is 67.0. The molecule has 10 heteroatoms. The Morgan fingerprint density at radius 1 is 0.247 bits per heavy atom. The molecular weight excluding hydrogens is 1260 g/mol. The van der Waals surface area contributed by atoms with Crippen molar-refractivity contribution in [1.29, 1.82) is 0 Å². The maximum atomic E-state index is 16.3. The second kappa shape index (κ2) is 54.3. The summed E-state index contributed by atoms with van der Waals surface area (Å²) in [7, 11) is 0. The third kappa shape index (κ3) is 47.8. The Morgan fingerprint density at radius 3 is 0.539 bits per heavy atom. The van der Waals surface area contributed by atoms with Gasteiger partial charge in [0.05, 0.1) is 0 Å². The van der Waals surface area contributed by atoms with Crippen molar-refractivity contribution in [2.75, 3.05) is 17.3 Å². The summed E-state index contributed by atoms with van der Waals surface area (Å²) in [6.07, 6.45) is 44.1. The molecule has 0 radical (unpaired) electrons. The summed E-state index contributed by atoms with van der Waals surface area (Å²) in [6, 6.07) is 0. The van der Waals surface area contributed by atoms with Crippen LogP contribution in [-0.2, 0) is 23.6 Å². The first kappa shape index (κ1) is 89.3. The van der Waals surface area contributed by atoms with Crippen molar-refractivity contribution in [2.45, 2.75) is 413 Å². The van der Waals surface area contributed by atoms with Crippen LogP contribution in [-0.4, -0.2) is 69.0 Å². The molecule has 0 rings (SSSR count). The van der Waals surface area contributed by atoms with Crippen molar-refractivity contribution < 1.29 is 23.6 Å². The van der Waals surface area contributed by atoms with Gasteiger partial charge in [-0.3, -0.25) is 0 Å². The van der Waals surface area contributed by atoms with Gasteiger partial charge in [0.2, 0.25) is 0 Å². The van der Waals surface area contributed by atoms with E-state index in [1.54, 1.807) is 0 Å². The molecule has 0 N–H and O–H groups in total. The van der Waals surface area contributed by atoms with Gasteiger partial charge in [0.25, 0.3) is 0 Å². The Morgan fingerprint density at radius 2 is 0.393 bits per heavy atom. The van der Waals surface area contributed by atoms with Crippen molar-refractivity contribution >= 4 is 72.8 Å². The Labute approximate surface area is 576 Å². The fraction of sp³-hybridized carbons (Fsp3) is 0.962. The van der Waals surface area contributed by atoms with Gasteiger partial charge in [-0.05, 0) is 0 Å². The van der Waals surface area contributed by atoms with Crippen molar-refractivity contribution in [3.8, 4) is 0 Å². The molecule has 0 aliphatic heterocycles. The standard InChI is InChI=1S/3C26H52O2S.CH3.Sn/c3*1-22(2)16-10-7-13-19-26(25(27)28,20-14-8-11-17-23(3)4)29-21-15-9-12-18-24(5)6;;/h3*22-24H,7-21H2,1-6H3,(H,27,28);1H3;/q;;;;+3/p-3. The third-order valence-corrected chi connectivity index (χ3v) is 28.2. The summed E-state index contributed by atoms with van der Waals surface area (Å²) in [5.74, 6) is 7.66. The van der Waals surface area contributed by atoms with Crippen LogP contribution in [0.2, 0.25) is 4.94 Å². The predicted molar refractivity (Wildman–Crippen MR) is 403 cm³/mol. The summed E-state index contributed by atoms with van der Waals surface area (Å²) in [6.45, 7) is 41.6. The summed E-state index contributed by atoms with van der Waals surface area (Å²) in [5, 5.41) is 0. The van der Waals surface area contributed by atoms with E-state index < -0.39 is 33.9 Å². The minimum absolute atomic E-state index is 0.271. The van der Waals surface area contributed by atoms with Crippen LogP contribution in [0, 0.1) is 53.3 Å². The van der Waals surface area contributed by atoms with E-state index in [9.17, 15) is 0 Å². The van der Waals surface area contributed by atoms with Gasteiger partial charge in [0, 0.05) is 0 Å². The molecule has 0 fully saturated rings. The Bertz CT molecular complexity index is 1440. The number of hydrogen-bond donors (Lipinski definition) is 0. The van der Waals surface area contributed by atoms with E-state index in [4.69, 9.17) is 9.22 Å². The third-order valence-electron chi connectivity index (χ3n) is 18.5. The van der Waals surface area contributed by atoms with Crippen LogP contribution in [0.15, 0.2) is 0 Å². The van der Waals surface area contributed by atoms with E-state index in [2.05, 4.69) is 125 Å². The first-order valence-corrected chi connectivity index (χ1v) is 48.1. The van der Waals surface area contributed by atoms with Crippen LogP contribution in [0.4, 0.5) is 0 Å². The van der Waals surface area contributed by atoms with E-state index in [1.165, 1.54) is 77.0 Å². The van der Waals surface area contributed by atoms with Crippen LogP contribution in [0.3, 0.4) is 0 Å². The molecule has 0 aliphatic rings. The van der Waals surface area contributed by atoms with Crippen molar-refractivity contribution in [1.82, 2.24) is 0 Å². The molecule has 0 aromatic rings.